The monoisotopic (exact) mass is 278 g/mol. The zero-order valence-corrected chi connectivity index (χ0v) is 13.2. The van der Waals surface area contributed by atoms with Gasteiger partial charge in [-0.05, 0) is 46.5 Å². The second-order valence-electron chi connectivity index (χ2n) is 7.03. The fourth-order valence-electron chi connectivity index (χ4n) is 3.44. The molecule has 1 saturated carbocycles. The van der Waals surface area contributed by atoms with Gasteiger partial charge in [-0.2, -0.15) is 5.26 Å². The molecule has 0 heterocycles. The van der Waals surface area contributed by atoms with Gasteiger partial charge in [-0.15, -0.1) is 0 Å². The molecule has 0 aliphatic heterocycles. The molecule has 4 nitrogen and oxygen atoms in total. The number of carbonyl (C=O) groups is 1. The van der Waals surface area contributed by atoms with Crippen LogP contribution in [0.1, 0.15) is 53.9 Å². The van der Waals surface area contributed by atoms with Crippen LogP contribution in [0.5, 0.6) is 0 Å². The first-order chi connectivity index (χ1) is 9.13. The Morgan fingerprint density at radius 3 is 2.55 bits per heavy atom. The van der Waals surface area contributed by atoms with Gasteiger partial charge in [0.15, 0.2) is 5.54 Å². The Morgan fingerprint density at radius 1 is 1.60 bits per heavy atom. The molecule has 0 aromatic rings. The summed E-state index contributed by atoms with van der Waals surface area (Å²) in [5, 5.41) is 20.7. The van der Waals surface area contributed by atoms with Crippen LogP contribution in [0.3, 0.4) is 0 Å². The summed E-state index contributed by atoms with van der Waals surface area (Å²) in [6.07, 6.45) is 5.86. The van der Waals surface area contributed by atoms with Crippen LogP contribution in [-0.2, 0) is 4.79 Å². The molecule has 0 aromatic carbocycles. The summed E-state index contributed by atoms with van der Waals surface area (Å²) in [5.41, 5.74) is 1.54. The third kappa shape index (κ3) is 3.83. The molecule has 2 N–H and O–H groups in total. The Kier molecular flexibility index (Phi) is 4.99. The number of nitriles is 1. The lowest BCUT2D eigenvalue weighted by molar-refractivity contribution is -0.786. The number of fused-ring (bicyclic) bond motifs is 1. The fraction of sp³-hybridized carbons (Fsp3) is 0.750. The van der Waals surface area contributed by atoms with Crippen LogP contribution in [0, 0.1) is 23.2 Å². The van der Waals surface area contributed by atoms with E-state index in [1.807, 2.05) is 0 Å². The van der Waals surface area contributed by atoms with E-state index in [1.54, 1.807) is 5.57 Å². The van der Waals surface area contributed by atoms with Crippen molar-refractivity contribution in [1.29, 1.82) is 5.26 Å². The van der Waals surface area contributed by atoms with Crippen molar-refractivity contribution in [3.8, 4) is 6.07 Å². The van der Waals surface area contributed by atoms with Gasteiger partial charge in [-0.3, -0.25) is 0 Å². The van der Waals surface area contributed by atoms with E-state index >= 15 is 0 Å². The molecule has 4 heteroatoms. The Balaban J connectivity index is 0.000000444. The summed E-state index contributed by atoms with van der Waals surface area (Å²) in [6, 6.07) is 2.59. The molecule has 2 aliphatic rings. The maximum Gasteiger partial charge on any atom is 0.190 e. The molecule has 1 fully saturated rings. The van der Waals surface area contributed by atoms with Crippen molar-refractivity contribution in [3.05, 3.63) is 11.6 Å². The van der Waals surface area contributed by atoms with Gasteiger partial charge in [0.1, 0.15) is 6.07 Å². The summed E-state index contributed by atoms with van der Waals surface area (Å²) in [6.45, 7) is 9.77. The zero-order valence-electron chi connectivity index (χ0n) is 13.2. The van der Waals surface area contributed by atoms with Gasteiger partial charge in [0, 0.05) is 18.3 Å². The highest BCUT2D eigenvalue weighted by atomic mass is 16.4. The van der Waals surface area contributed by atoms with Crippen molar-refractivity contribution in [1.82, 2.24) is 0 Å². The van der Waals surface area contributed by atoms with Crippen molar-refractivity contribution < 1.29 is 15.2 Å². The van der Waals surface area contributed by atoms with E-state index in [1.165, 1.54) is 6.42 Å². The Hall–Kier alpha value is -1.34. The predicted octanol–water partition coefficient (Wildman–Crippen LogP) is 0.743. The number of quaternary nitrogens is 1. The number of aliphatic carboxylic acids is 1. The third-order valence-electron chi connectivity index (χ3n) is 4.00. The number of hydrogen-bond acceptors (Lipinski definition) is 3. The molecular weight excluding hydrogens is 252 g/mol. The van der Waals surface area contributed by atoms with Crippen molar-refractivity contribution in [3.63, 3.8) is 0 Å². The molecule has 2 rings (SSSR count). The molecule has 0 radical (unpaired) electrons. The van der Waals surface area contributed by atoms with Crippen LogP contribution in [0.4, 0.5) is 0 Å². The van der Waals surface area contributed by atoms with Crippen LogP contribution < -0.4 is 10.4 Å². The Morgan fingerprint density at radius 2 is 2.15 bits per heavy atom. The van der Waals surface area contributed by atoms with Crippen LogP contribution >= 0.6 is 0 Å². The van der Waals surface area contributed by atoms with E-state index in [2.05, 4.69) is 45.2 Å². The minimum Gasteiger partial charge on any atom is -0.550 e. The summed E-state index contributed by atoms with van der Waals surface area (Å²) >= 11 is 0. The molecule has 20 heavy (non-hydrogen) atoms. The first kappa shape index (κ1) is 16.7. The second kappa shape index (κ2) is 5.97. The molecule has 0 amide bonds. The smallest absolute Gasteiger partial charge is 0.190 e. The predicted molar refractivity (Wildman–Crippen MR) is 75.3 cm³/mol. The molecule has 3 atom stereocenters. The van der Waals surface area contributed by atoms with E-state index in [0.717, 1.165) is 25.7 Å². The lowest BCUT2D eigenvalue weighted by Gasteiger charge is -2.47. The van der Waals surface area contributed by atoms with Crippen molar-refractivity contribution in [2.75, 3.05) is 0 Å². The number of nitrogens with zero attached hydrogens (tertiary/aromatic N) is 1. The van der Waals surface area contributed by atoms with E-state index in [0.29, 0.717) is 5.92 Å². The maximum absolute atomic E-state index is 9.50. The summed E-state index contributed by atoms with van der Waals surface area (Å²) in [7, 11) is 0. The number of allylic oxidation sites excluding steroid dienone is 1. The Labute approximate surface area is 121 Å². The zero-order chi connectivity index (χ0) is 15.6. The van der Waals surface area contributed by atoms with Gasteiger partial charge in [0.25, 0.3) is 0 Å². The summed E-state index contributed by atoms with van der Waals surface area (Å²) < 4.78 is 0. The van der Waals surface area contributed by atoms with Crippen molar-refractivity contribution in [2.45, 2.75) is 65.0 Å². The van der Waals surface area contributed by atoms with Crippen LogP contribution in [0.25, 0.3) is 0 Å². The molecular formula is C16H26N2O2. The highest BCUT2D eigenvalue weighted by Crippen LogP contribution is 2.51. The summed E-state index contributed by atoms with van der Waals surface area (Å²) in [5.74, 6) is 0.180. The number of nitrogens with two attached hydrogens (primary N) is 1. The van der Waals surface area contributed by atoms with Gasteiger partial charge in [-0.25, -0.2) is 0 Å². The summed E-state index contributed by atoms with van der Waals surface area (Å²) in [4.78, 5) is 8.89. The van der Waals surface area contributed by atoms with Crippen LogP contribution in [-0.4, -0.2) is 17.0 Å². The van der Waals surface area contributed by atoms with Gasteiger partial charge in [0.05, 0.1) is 5.54 Å². The molecule has 0 aromatic heterocycles. The molecule has 0 saturated heterocycles. The quantitative estimate of drug-likeness (QED) is 0.757. The van der Waals surface area contributed by atoms with Crippen LogP contribution in [0.2, 0.25) is 0 Å². The van der Waals surface area contributed by atoms with Gasteiger partial charge in [-0.1, -0.05) is 18.6 Å². The largest absolute Gasteiger partial charge is 0.550 e. The highest BCUT2D eigenvalue weighted by molar-refractivity contribution is 5.60. The topological polar surface area (TPSA) is 80.5 Å². The van der Waals surface area contributed by atoms with Gasteiger partial charge >= 0.3 is 0 Å². The number of carbonyl (C=O) groups excluding carboxylic acids is 1. The second-order valence-corrected chi connectivity index (χ2v) is 7.03. The number of hydrogen-bond donors (Lipinski definition) is 1. The standard InChI is InChI=1S/C14H22N2.C2H4O2/c1-5-10-6-11-8-14(9-15,12(11)7-10)16-13(2,3)4;1-2(3)4/h7,11-12,16H,5-6,8H2,1-4H3;1H3,(H,3,4)/t11-,12-,14-;/m1./s1. The third-order valence-corrected chi connectivity index (χ3v) is 4.00. The maximum atomic E-state index is 9.50. The average Bonchev–Trinajstić information content (AvgIpc) is 2.62. The Bertz CT molecular complexity index is 438. The molecule has 112 valence electrons. The molecule has 0 unspecified atom stereocenters. The van der Waals surface area contributed by atoms with Crippen molar-refractivity contribution >= 4 is 5.97 Å². The SMILES string of the molecule is CC(=O)[O-].CCC1=C[C@@H]2[C@H](C1)C[C@]2(C#N)[NH2+]C(C)(C)C. The highest BCUT2D eigenvalue weighted by Gasteiger charge is 2.60. The van der Waals surface area contributed by atoms with Crippen molar-refractivity contribution in [2.24, 2.45) is 11.8 Å². The van der Waals surface area contributed by atoms with E-state index < -0.39 is 5.97 Å². The minimum atomic E-state index is -1.08. The fourth-order valence-corrected chi connectivity index (χ4v) is 3.44. The van der Waals surface area contributed by atoms with Gasteiger partial charge in [0.2, 0.25) is 0 Å². The van der Waals surface area contributed by atoms with E-state index in [9.17, 15) is 5.26 Å². The van der Waals surface area contributed by atoms with E-state index in [-0.39, 0.29) is 11.1 Å². The lowest BCUT2D eigenvalue weighted by atomic mass is 9.60. The first-order valence-corrected chi connectivity index (χ1v) is 7.29. The van der Waals surface area contributed by atoms with Gasteiger partial charge < -0.3 is 15.2 Å². The molecule has 2 aliphatic carbocycles. The van der Waals surface area contributed by atoms with E-state index in [4.69, 9.17) is 9.90 Å². The number of rotatable bonds is 2. The molecule has 0 spiro atoms. The number of carboxylic acids is 1. The normalized spacial score (nSPS) is 31.1. The average molecular weight is 278 g/mol. The molecule has 0 bridgehead atoms. The van der Waals surface area contributed by atoms with Crippen LogP contribution in [0.15, 0.2) is 11.6 Å². The number of carboxylic acid groups (broad SMARTS) is 1. The lowest BCUT2D eigenvalue weighted by Crippen LogP contribution is -3.07. The first-order valence-electron chi connectivity index (χ1n) is 7.29. The minimum absolute atomic E-state index is 0.142.